The highest BCUT2D eigenvalue weighted by Crippen LogP contribution is 2.27. The average molecular weight is 417 g/mol. The molecule has 3 aromatic rings. The maximum atomic E-state index is 12.9. The number of amides is 1. The first-order valence-electron chi connectivity index (χ1n) is 9.20. The number of benzene rings is 2. The molecule has 146 valence electrons. The molecule has 1 fully saturated rings. The molecule has 0 atom stereocenters. The molecule has 1 amide bonds. The first kappa shape index (κ1) is 19.0. The van der Waals surface area contributed by atoms with Gasteiger partial charge >= 0.3 is 0 Å². The number of piperidine rings is 1. The predicted octanol–water partition coefficient (Wildman–Crippen LogP) is 3.91. The normalized spacial score (nSPS) is 15.9. The monoisotopic (exact) mass is 416 g/mol. The number of fused-ring (bicyclic) bond motifs is 1. The number of aromatic nitrogens is 1. The molecule has 0 unspecified atom stereocenters. The van der Waals surface area contributed by atoms with Gasteiger partial charge in [-0.15, -0.1) is 0 Å². The molecular formula is C21H21ClN2O3S. The number of aryl methyl sites for hydroxylation is 1. The standard InChI is InChI=1S/C21H21ClN2O3S/c1-23-11-8-15-2-3-16(14-20(15)23)21(25)24-12-9-19(10-13-24)28(26,27)18-6-4-17(22)5-7-18/h2-8,11,14,19H,9-10,12-13H2,1H3. The van der Waals surface area contributed by atoms with Crippen molar-refractivity contribution < 1.29 is 13.2 Å². The van der Waals surface area contributed by atoms with Gasteiger partial charge in [0.25, 0.3) is 5.91 Å². The quantitative estimate of drug-likeness (QED) is 0.650. The highest BCUT2D eigenvalue weighted by Gasteiger charge is 2.33. The lowest BCUT2D eigenvalue weighted by Gasteiger charge is -2.32. The van der Waals surface area contributed by atoms with Crippen LogP contribution in [0.5, 0.6) is 0 Å². The highest BCUT2D eigenvalue weighted by molar-refractivity contribution is 7.92. The predicted molar refractivity (Wildman–Crippen MR) is 110 cm³/mol. The smallest absolute Gasteiger partial charge is 0.253 e. The third kappa shape index (κ3) is 3.42. The summed E-state index contributed by atoms with van der Waals surface area (Å²) < 4.78 is 27.7. The summed E-state index contributed by atoms with van der Waals surface area (Å²) in [6.07, 6.45) is 2.83. The van der Waals surface area contributed by atoms with Crippen LogP contribution in [-0.4, -0.2) is 42.1 Å². The van der Waals surface area contributed by atoms with Crippen molar-refractivity contribution in [3.63, 3.8) is 0 Å². The number of hydrogen-bond acceptors (Lipinski definition) is 3. The van der Waals surface area contributed by atoms with Crippen molar-refractivity contribution >= 4 is 38.2 Å². The van der Waals surface area contributed by atoms with E-state index in [9.17, 15) is 13.2 Å². The molecule has 5 nitrogen and oxygen atoms in total. The molecule has 0 bridgehead atoms. The molecule has 7 heteroatoms. The number of sulfone groups is 1. The number of nitrogens with zero attached hydrogens (tertiary/aromatic N) is 2. The minimum absolute atomic E-state index is 0.0505. The molecule has 0 radical (unpaired) electrons. The van der Waals surface area contributed by atoms with E-state index in [0.717, 1.165) is 10.9 Å². The largest absolute Gasteiger partial charge is 0.351 e. The van der Waals surface area contributed by atoms with E-state index in [0.29, 0.717) is 36.5 Å². The first-order valence-corrected chi connectivity index (χ1v) is 11.1. The van der Waals surface area contributed by atoms with Gasteiger partial charge in [0.2, 0.25) is 0 Å². The Balaban J connectivity index is 1.47. The van der Waals surface area contributed by atoms with Gasteiger partial charge in [-0.3, -0.25) is 4.79 Å². The molecule has 2 aromatic carbocycles. The number of hydrogen-bond donors (Lipinski definition) is 0. The fourth-order valence-corrected chi connectivity index (χ4v) is 5.62. The number of likely N-dealkylation sites (tertiary alicyclic amines) is 1. The van der Waals surface area contributed by atoms with E-state index in [-0.39, 0.29) is 10.8 Å². The minimum Gasteiger partial charge on any atom is -0.351 e. The molecule has 0 spiro atoms. The SMILES string of the molecule is Cn1ccc2ccc(C(=O)N3CCC(S(=O)(=O)c4ccc(Cl)cc4)CC3)cc21. The zero-order valence-corrected chi connectivity index (χ0v) is 17.1. The molecule has 0 N–H and O–H groups in total. The van der Waals surface area contributed by atoms with Crippen molar-refractivity contribution in [2.24, 2.45) is 7.05 Å². The van der Waals surface area contributed by atoms with Crippen molar-refractivity contribution in [3.05, 3.63) is 65.3 Å². The van der Waals surface area contributed by atoms with Crippen LogP contribution in [-0.2, 0) is 16.9 Å². The molecule has 1 aromatic heterocycles. The summed E-state index contributed by atoms with van der Waals surface area (Å²) in [7, 11) is -1.47. The number of halogens is 1. The maximum Gasteiger partial charge on any atom is 0.253 e. The third-order valence-electron chi connectivity index (χ3n) is 5.45. The fraction of sp³-hybridized carbons (Fsp3) is 0.286. The Labute approximate surface area is 169 Å². The summed E-state index contributed by atoms with van der Waals surface area (Å²) in [5.74, 6) is -0.0505. The van der Waals surface area contributed by atoms with Crippen LogP contribution in [0.2, 0.25) is 5.02 Å². The Bertz CT molecular complexity index is 1130. The van der Waals surface area contributed by atoms with E-state index in [2.05, 4.69) is 0 Å². The van der Waals surface area contributed by atoms with Gasteiger partial charge in [0.05, 0.1) is 10.1 Å². The van der Waals surface area contributed by atoms with E-state index in [1.807, 2.05) is 42.1 Å². The Hall–Kier alpha value is -2.31. The Kier molecular flexibility index (Phi) is 4.93. The summed E-state index contributed by atoms with van der Waals surface area (Å²) in [5, 5.41) is 1.12. The van der Waals surface area contributed by atoms with Gasteiger partial charge in [0.1, 0.15) is 0 Å². The van der Waals surface area contributed by atoms with Crippen LogP contribution in [0.4, 0.5) is 0 Å². The molecular weight excluding hydrogens is 396 g/mol. The van der Waals surface area contributed by atoms with E-state index in [1.54, 1.807) is 29.2 Å². The lowest BCUT2D eigenvalue weighted by Crippen LogP contribution is -2.42. The van der Waals surface area contributed by atoms with E-state index >= 15 is 0 Å². The van der Waals surface area contributed by atoms with E-state index in [4.69, 9.17) is 11.6 Å². The van der Waals surface area contributed by atoms with Crippen LogP contribution in [0.15, 0.2) is 59.6 Å². The minimum atomic E-state index is -3.42. The van der Waals surface area contributed by atoms with Crippen LogP contribution in [0.1, 0.15) is 23.2 Å². The van der Waals surface area contributed by atoms with Gasteiger partial charge in [0, 0.05) is 42.4 Å². The molecule has 2 heterocycles. The number of carbonyl (C=O) groups excluding carboxylic acids is 1. The number of carbonyl (C=O) groups is 1. The maximum absolute atomic E-state index is 12.9. The second kappa shape index (κ2) is 7.26. The molecule has 0 aliphatic carbocycles. The molecule has 1 aliphatic rings. The van der Waals surface area contributed by atoms with Crippen LogP contribution in [0.25, 0.3) is 10.9 Å². The van der Waals surface area contributed by atoms with Crippen LogP contribution in [0, 0.1) is 0 Å². The van der Waals surface area contributed by atoms with Gasteiger partial charge < -0.3 is 9.47 Å². The zero-order chi connectivity index (χ0) is 19.9. The Morgan fingerprint density at radius 3 is 2.39 bits per heavy atom. The van der Waals surface area contributed by atoms with E-state index < -0.39 is 15.1 Å². The van der Waals surface area contributed by atoms with Crippen LogP contribution < -0.4 is 0 Å². The van der Waals surface area contributed by atoms with E-state index in [1.165, 1.54) is 0 Å². The fourth-order valence-electron chi connectivity index (χ4n) is 3.76. The second-order valence-corrected chi connectivity index (χ2v) is 9.86. The van der Waals surface area contributed by atoms with Crippen LogP contribution in [0.3, 0.4) is 0 Å². The third-order valence-corrected chi connectivity index (χ3v) is 7.98. The summed E-state index contributed by atoms with van der Waals surface area (Å²) in [4.78, 5) is 14.9. The van der Waals surface area contributed by atoms with Crippen molar-refractivity contribution in [3.8, 4) is 0 Å². The van der Waals surface area contributed by atoms with Gasteiger partial charge in [-0.2, -0.15) is 0 Å². The molecule has 1 saturated heterocycles. The first-order chi connectivity index (χ1) is 13.4. The molecule has 4 rings (SSSR count). The topological polar surface area (TPSA) is 59.4 Å². The van der Waals surface area contributed by atoms with Gasteiger partial charge in [-0.05, 0) is 60.7 Å². The van der Waals surface area contributed by atoms with Gasteiger partial charge in [0.15, 0.2) is 9.84 Å². The summed E-state index contributed by atoms with van der Waals surface area (Å²) >= 11 is 5.86. The Morgan fingerprint density at radius 1 is 1.04 bits per heavy atom. The van der Waals surface area contributed by atoms with Crippen LogP contribution >= 0.6 is 11.6 Å². The number of rotatable bonds is 3. The summed E-state index contributed by atoms with van der Waals surface area (Å²) in [6.45, 7) is 0.864. The summed E-state index contributed by atoms with van der Waals surface area (Å²) in [5.41, 5.74) is 1.64. The second-order valence-electron chi connectivity index (χ2n) is 7.19. The zero-order valence-electron chi connectivity index (χ0n) is 15.5. The molecule has 1 aliphatic heterocycles. The Morgan fingerprint density at radius 2 is 1.71 bits per heavy atom. The lowest BCUT2D eigenvalue weighted by atomic mass is 10.1. The van der Waals surface area contributed by atoms with Gasteiger partial charge in [-0.1, -0.05) is 17.7 Å². The van der Waals surface area contributed by atoms with Crippen molar-refractivity contribution in [1.29, 1.82) is 0 Å². The van der Waals surface area contributed by atoms with Crippen molar-refractivity contribution in [1.82, 2.24) is 9.47 Å². The summed E-state index contributed by atoms with van der Waals surface area (Å²) in [6, 6.07) is 14.0. The molecule has 28 heavy (non-hydrogen) atoms. The van der Waals surface area contributed by atoms with Gasteiger partial charge in [-0.25, -0.2) is 8.42 Å². The van der Waals surface area contributed by atoms with Crippen molar-refractivity contribution in [2.75, 3.05) is 13.1 Å². The lowest BCUT2D eigenvalue weighted by molar-refractivity contribution is 0.0726. The highest BCUT2D eigenvalue weighted by atomic mass is 35.5. The van der Waals surface area contributed by atoms with Crippen molar-refractivity contribution in [2.45, 2.75) is 23.0 Å². The average Bonchev–Trinajstić information content (AvgIpc) is 3.08. The molecule has 0 saturated carbocycles.